The summed E-state index contributed by atoms with van der Waals surface area (Å²) in [6.45, 7) is 11.8. The van der Waals surface area contributed by atoms with E-state index in [4.69, 9.17) is 16.6 Å². The second-order valence-electron chi connectivity index (χ2n) is 10.9. The molecule has 1 aliphatic carbocycles. The number of benzene rings is 1. The number of anilines is 2. The molecule has 3 fully saturated rings. The smallest absolute Gasteiger partial charge is 0.309 e. The van der Waals surface area contributed by atoms with Crippen molar-refractivity contribution >= 4 is 45.3 Å². The van der Waals surface area contributed by atoms with Crippen LogP contribution in [-0.4, -0.2) is 58.2 Å². The van der Waals surface area contributed by atoms with Crippen LogP contribution in [0, 0.1) is 23.1 Å². The van der Waals surface area contributed by atoms with Crippen LogP contribution in [0.25, 0.3) is 0 Å². The first-order chi connectivity index (χ1) is 18.1. The van der Waals surface area contributed by atoms with Gasteiger partial charge in [0, 0.05) is 36.9 Å². The normalized spacial score (nSPS) is 26.4. The summed E-state index contributed by atoms with van der Waals surface area (Å²) >= 11 is 9.77. The van der Waals surface area contributed by atoms with Gasteiger partial charge in [0.05, 0.1) is 15.9 Å². The van der Waals surface area contributed by atoms with E-state index in [9.17, 15) is 14.3 Å². The molecule has 2 N–H and O–H groups in total. The first kappa shape index (κ1) is 29.0. The fraction of sp³-hybridized carbons (Fsp3) is 0.607. The van der Waals surface area contributed by atoms with E-state index in [1.165, 1.54) is 25.0 Å². The summed E-state index contributed by atoms with van der Waals surface area (Å²) < 4.78 is 14.2. The van der Waals surface area contributed by atoms with E-state index in [-0.39, 0.29) is 11.9 Å². The Balaban J connectivity index is 0.00000164. The van der Waals surface area contributed by atoms with Gasteiger partial charge in [-0.05, 0) is 91.5 Å². The zero-order chi connectivity index (χ0) is 27.6. The maximum Gasteiger partial charge on any atom is 0.309 e. The van der Waals surface area contributed by atoms with Gasteiger partial charge in [-0.25, -0.2) is 9.37 Å². The molecule has 10 heteroatoms. The van der Waals surface area contributed by atoms with Gasteiger partial charge in [0.1, 0.15) is 11.6 Å². The number of aromatic nitrogens is 2. The number of aliphatic carboxylic acids is 1. The highest BCUT2D eigenvalue weighted by molar-refractivity contribution is 9.10. The van der Waals surface area contributed by atoms with Gasteiger partial charge in [0.15, 0.2) is 0 Å². The lowest BCUT2D eigenvalue weighted by Crippen LogP contribution is -2.58. The van der Waals surface area contributed by atoms with Crippen molar-refractivity contribution in [2.45, 2.75) is 65.5 Å². The first-order valence-electron chi connectivity index (χ1n) is 13.6. The number of hydrogen-bond acceptors (Lipinski definition) is 6. The molecule has 0 spiro atoms. The molecule has 2 saturated heterocycles. The van der Waals surface area contributed by atoms with E-state index in [1.54, 1.807) is 12.3 Å². The minimum atomic E-state index is -0.666. The number of carbonyl (C=O) groups is 1. The average Bonchev–Trinajstić information content (AvgIpc) is 2.84. The van der Waals surface area contributed by atoms with Crippen LogP contribution < -0.4 is 10.2 Å². The molecule has 208 valence electrons. The molecule has 0 amide bonds. The molecule has 3 aliphatic rings. The predicted octanol–water partition coefficient (Wildman–Crippen LogP) is 6.63. The molecule has 0 bridgehead atoms. The molecule has 3 heterocycles. The lowest BCUT2D eigenvalue weighted by molar-refractivity contribution is -0.158. The molecule has 2 aromatic rings. The van der Waals surface area contributed by atoms with Crippen molar-refractivity contribution in [3.8, 4) is 0 Å². The van der Waals surface area contributed by atoms with Crippen LogP contribution in [0.15, 0.2) is 28.9 Å². The third-order valence-electron chi connectivity index (χ3n) is 8.27. The largest absolute Gasteiger partial charge is 0.481 e. The Morgan fingerprint density at radius 2 is 1.97 bits per heavy atom. The molecule has 1 saturated carbocycles. The number of carboxylic acid groups (broad SMARTS) is 1. The lowest BCUT2D eigenvalue weighted by atomic mass is 9.65. The van der Waals surface area contributed by atoms with Crippen molar-refractivity contribution in [2.24, 2.45) is 17.3 Å². The summed E-state index contributed by atoms with van der Waals surface area (Å²) in [4.78, 5) is 25.5. The summed E-state index contributed by atoms with van der Waals surface area (Å²) in [6, 6.07) is 4.65. The fourth-order valence-corrected chi connectivity index (χ4v) is 6.53. The van der Waals surface area contributed by atoms with Gasteiger partial charge in [-0.15, -0.1) is 0 Å². The van der Waals surface area contributed by atoms with Gasteiger partial charge in [-0.3, -0.25) is 4.79 Å². The molecule has 2 aliphatic heterocycles. The Hall–Kier alpha value is -1.97. The molecule has 1 aromatic heterocycles. The van der Waals surface area contributed by atoms with E-state index in [2.05, 4.69) is 36.0 Å². The summed E-state index contributed by atoms with van der Waals surface area (Å²) in [5, 5.41) is 13.2. The molecule has 2 unspecified atom stereocenters. The highest BCUT2D eigenvalue weighted by Gasteiger charge is 2.49. The summed E-state index contributed by atoms with van der Waals surface area (Å²) in [6.07, 6.45) is 5.68. The zero-order valence-corrected chi connectivity index (χ0v) is 24.9. The van der Waals surface area contributed by atoms with Gasteiger partial charge >= 0.3 is 5.97 Å². The lowest BCUT2D eigenvalue weighted by Gasteiger charge is -2.52. The van der Waals surface area contributed by atoms with Crippen molar-refractivity contribution < 1.29 is 14.3 Å². The Bertz CT molecular complexity index is 1140. The maximum atomic E-state index is 13.4. The second-order valence-corrected chi connectivity index (χ2v) is 12.2. The number of halogens is 3. The van der Waals surface area contributed by atoms with E-state index in [0.29, 0.717) is 34.7 Å². The number of hydrogen-bond donors (Lipinski definition) is 2. The summed E-state index contributed by atoms with van der Waals surface area (Å²) in [7, 11) is 0. The molecule has 7 nitrogen and oxygen atoms in total. The molecule has 0 radical (unpaired) electrons. The number of rotatable bonds is 7. The number of likely N-dealkylation sites (tertiary alicyclic amines) is 1. The number of piperidine rings is 1. The Morgan fingerprint density at radius 1 is 1.26 bits per heavy atom. The summed E-state index contributed by atoms with van der Waals surface area (Å²) in [5.41, 5.74) is 0.251. The van der Waals surface area contributed by atoms with Gasteiger partial charge in [-0.2, -0.15) is 4.98 Å². The van der Waals surface area contributed by atoms with Crippen LogP contribution in [0.5, 0.6) is 0 Å². The Labute approximate surface area is 238 Å². The van der Waals surface area contributed by atoms with E-state index in [1.807, 2.05) is 27.7 Å². The van der Waals surface area contributed by atoms with Crippen LogP contribution in [0.3, 0.4) is 0 Å². The second kappa shape index (κ2) is 12.0. The Kier molecular flexibility index (Phi) is 9.20. The topological polar surface area (TPSA) is 81.6 Å². The maximum absolute atomic E-state index is 13.4. The number of nitrogens with zero attached hydrogens (tertiary/aromatic N) is 4. The molecular weight excluding hydrogens is 573 g/mol. The fourth-order valence-electron chi connectivity index (χ4n) is 5.89. The van der Waals surface area contributed by atoms with Crippen molar-refractivity contribution in [1.29, 1.82) is 0 Å². The van der Waals surface area contributed by atoms with Crippen LogP contribution in [0.4, 0.5) is 16.2 Å². The standard InChI is InChI=1S/C26H32BrClFN5O2.C2H6/c1-15(20-6-5-18(29)8-22(20)28)31-23-21(27)11-30-25(32-23)34-13-17(14-34)16-4-3-7-33(12-16)19-9-26(2,10-19)24(35)36;1-2/h5-6,8,11,15-17,19H,3-4,7,9-10,12-14H2,1-2H3,(H,35,36)(H,30,31,32);1-2H3. The van der Waals surface area contributed by atoms with Crippen molar-refractivity contribution in [3.63, 3.8) is 0 Å². The monoisotopic (exact) mass is 609 g/mol. The zero-order valence-electron chi connectivity index (χ0n) is 22.6. The van der Waals surface area contributed by atoms with E-state index in [0.717, 1.165) is 49.1 Å². The van der Waals surface area contributed by atoms with Crippen molar-refractivity contribution in [2.75, 3.05) is 36.4 Å². The SMILES string of the molecule is CC.CC(Nc1nc(N2CC(C3CCCN(C4CC(C)(C(=O)O)C4)C3)C2)ncc1Br)c1ccc(F)cc1Cl. The van der Waals surface area contributed by atoms with Crippen LogP contribution in [-0.2, 0) is 4.79 Å². The van der Waals surface area contributed by atoms with Crippen LogP contribution >= 0.6 is 27.5 Å². The Morgan fingerprint density at radius 3 is 2.63 bits per heavy atom. The van der Waals surface area contributed by atoms with E-state index < -0.39 is 11.4 Å². The molecule has 2 atom stereocenters. The molecule has 1 aromatic carbocycles. The third-order valence-corrected chi connectivity index (χ3v) is 9.17. The highest BCUT2D eigenvalue weighted by atomic mass is 79.9. The van der Waals surface area contributed by atoms with Gasteiger partial charge in [0.25, 0.3) is 0 Å². The van der Waals surface area contributed by atoms with Crippen LogP contribution in [0.2, 0.25) is 5.02 Å². The van der Waals surface area contributed by atoms with Gasteiger partial charge in [0.2, 0.25) is 5.95 Å². The third kappa shape index (κ3) is 6.10. The number of nitrogens with one attached hydrogen (secondary N) is 1. The summed E-state index contributed by atoms with van der Waals surface area (Å²) in [5.74, 6) is 1.56. The first-order valence-corrected chi connectivity index (χ1v) is 14.8. The quantitative estimate of drug-likeness (QED) is 0.364. The highest BCUT2D eigenvalue weighted by Crippen LogP contribution is 2.45. The van der Waals surface area contributed by atoms with Gasteiger partial charge < -0.3 is 20.2 Å². The molecule has 38 heavy (non-hydrogen) atoms. The minimum absolute atomic E-state index is 0.163. The van der Waals surface area contributed by atoms with Crippen LogP contribution in [0.1, 0.15) is 65.0 Å². The van der Waals surface area contributed by atoms with Crippen molar-refractivity contribution in [3.05, 3.63) is 45.3 Å². The average molecular weight is 611 g/mol. The molecular formula is C28H38BrClFN5O2. The van der Waals surface area contributed by atoms with Crippen molar-refractivity contribution in [1.82, 2.24) is 14.9 Å². The van der Waals surface area contributed by atoms with E-state index >= 15 is 0 Å². The number of carboxylic acids is 1. The predicted molar refractivity (Wildman–Crippen MR) is 153 cm³/mol. The van der Waals surface area contributed by atoms with Gasteiger partial charge in [-0.1, -0.05) is 31.5 Å². The minimum Gasteiger partial charge on any atom is -0.481 e. The molecule has 5 rings (SSSR count).